The molecule has 0 saturated heterocycles. The standard InChI is InChI=1S/C15H19FN2O2/c1-4-18(5-2)14(19)15(3)10-13(17-20-15)11-7-6-8-12(16)9-11/h6-9H,4-5,10H2,1-3H3. The third-order valence-corrected chi connectivity index (χ3v) is 3.52. The molecule has 1 aliphatic rings. The van der Waals surface area contributed by atoms with Crippen molar-refractivity contribution in [2.24, 2.45) is 5.16 Å². The molecule has 2 rings (SSSR count). The van der Waals surface area contributed by atoms with Gasteiger partial charge in [-0.2, -0.15) is 0 Å². The molecule has 1 amide bonds. The van der Waals surface area contributed by atoms with Crippen LogP contribution >= 0.6 is 0 Å². The molecule has 0 saturated carbocycles. The minimum Gasteiger partial charge on any atom is -0.379 e. The molecule has 0 spiro atoms. The molecule has 108 valence electrons. The first-order valence-corrected chi connectivity index (χ1v) is 6.80. The van der Waals surface area contributed by atoms with Crippen molar-refractivity contribution in [3.8, 4) is 0 Å². The topological polar surface area (TPSA) is 41.9 Å². The van der Waals surface area contributed by atoms with Gasteiger partial charge >= 0.3 is 0 Å². The zero-order valence-electron chi connectivity index (χ0n) is 12.0. The Balaban J connectivity index is 2.16. The van der Waals surface area contributed by atoms with Crippen LogP contribution < -0.4 is 0 Å². The van der Waals surface area contributed by atoms with Gasteiger partial charge in [0.05, 0.1) is 5.71 Å². The van der Waals surface area contributed by atoms with Crippen LogP contribution in [-0.2, 0) is 9.63 Å². The van der Waals surface area contributed by atoms with Crippen LogP contribution in [0.3, 0.4) is 0 Å². The Morgan fingerprint density at radius 1 is 1.45 bits per heavy atom. The molecule has 1 aromatic carbocycles. The van der Waals surface area contributed by atoms with Gasteiger partial charge in [0.15, 0.2) is 0 Å². The Bertz CT molecular complexity index is 540. The number of amides is 1. The fourth-order valence-electron chi connectivity index (χ4n) is 2.32. The van der Waals surface area contributed by atoms with Gasteiger partial charge in [-0.1, -0.05) is 17.3 Å². The number of carbonyl (C=O) groups is 1. The second kappa shape index (κ2) is 5.61. The van der Waals surface area contributed by atoms with E-state index in [4.69, 9.17) is 4.84 Å². The van der Waals surface area contributed by atoms with Gasteiger partial charge in [-0.25, -0.2) is 4.39 Å². The van der Waals surface area contributed by atoms with Gasteiger partial charge in [-0.15, -0.1) is 0 Å². The van der Waals surface area contributed by atoms with Crippen molar-refractivity contribution in [1.82, 2.24) is 4.90 Å². The molecule has 5 heteroatoms. The zero-order valence-corrected chi connectivity index (χ0v) is 12.0. The van der Waals surface area contributed by atoms with E-state index in [0.29, 0.717) is 30.8 Å². The maximum atomic E-state index is 13.2. The summed E-state index contributed by atoms with van der Waals surface area (Å²) in [6.45, 7) is 6.83. The number of carbonyl (C=O) groups excluding carboxylic acids is 1. The number of rotatable bonds is 4. The van der Waals surface area contributed by atoms with Crippen LogP contribution in [0.1, 0.15) is 32.8 Å². The van der Waals surface area contributed by atoms with E-state index in [9.17, 15) is 9.18 Å². The number of hydrogen-bond donors (Lipinski definition) is 0. The van der Waals surface area contributed by atoms with Gasteiger partial charge < -0.3 is 9.74 Å². The van der Waals surface area contributed by atoms with Crippen LogP contribution in [0.5, 0.6) is 0 Å². The number of nitrogens with zero attached hydrogens (tertiary/aromatic N) is 2. The molecule has 0 fully saturated rings. The summed E-state index contributed by atoms with van der Waals surface area (Å²) < 4.78 is 13.2. The van der Waals surface area contributed by atoms with Crippen molar-refractivity contribution in [3.63, 3.8) is 0 Å². The van der Waals surface area contributed by atoms with Gasteiger partial charge in [0.2, 0.25) is 5.60 Å². The summed E-state index contributed by atoms with van der Waals surface area (Å²) in [5.74, 6) is -0.411. The van der Waals surface area contributed by atoms with E-state index in [1.165, 1.54) is 12.1 Å². The highest BCUT2D eigenvalue weighted by Gasteiger charge is 2.44. The first kappa shape index (κ1) is 14.5. The van der Waals surface area contributed by atoms with E-state index in [1.807, 2.05) is 13.8 Å². The Hall–Kier alpha value is -1.91. The highest BCUT2D eigenvalue weighted by atomic mass is 19.1. The molecule has 1 aliphatic heterocycles. The summed E-state index contributed by atoms with van der Waals surface area (Å²) in [6.07, 6.45) is 0.353. The van der Waals surface area contributed by atoms with Gasteiger partial charge in [0.1, 0.15) is 5.82 Å². The molecule has 0 aromatic heterocycles. The van der Waals surface area contributed by atoms with Crippen LogP contribution in [0.15, 0.2) is 29.4 Å². The Kier molecular flexibility index (Phi) is 4.06. The van der Waals surface area contributed by atoms with Crippen LogP contribution in [0.2, 0.25) is 0 Å². The normalized spacial score (nSPS) is 21.3. The lowest BCUT2D eigenvalue weighted by Crippen LogP contribution is -2.47. The number of halogens is 1. The number of hydrogen-bond acceptors (Lipinski definition) is 3. The van der Waals surface area contributed by atoms with Crippen molar-refractivity contribution < 1.29 is 14.0 Å². The van der Waals surface area contributed by atoms with Crippen molar-refractivity contribution >= 4 is 11.6 Å². The fourth-order valence-corrected chi connectivity index (χ4v) is 2.32. The summed E-state index contributed by atoms with van der Waals surface area (Å²) in [4.78, 5) is 19.5. The second-order valence-electron chi connectivity index (χ2n) is 5.02. The molecule has 0 N–H and O–H groups in total. The smallest absolute Gasteiger partial charge is 0.269 e. The molecular weight excluding hydrogens is 259 g/mol. The molecule has 1 heterocycles. The molecule has 0 bridgehead atoms. The monoisotopic (exact) mass is 278 g/mol. The molecule has 0 radical (unpaired) electrons. The lowest BCUT2D eigenvalue weighted by molar-refractivity contribution is -0.152. The Morgan fingerprint density at radius 3 is 2.75 bits per heavy atom. The highest BCUT2D eigenvalue weighted by Crippen LogP contribution is 2.28. The van der Waals surface area contributed by atoms with Crippen LogP contribution in [0, 0.1) is 5.82 Å². The highest BCUT2D eigenvalue weighted by molar-refractivity contribution is 6.05. The van der Waals surface area contributed by atoms with E-state index in [1.54, 1.807) is 24.0 Å². The minimum absolute atomic E-state index is 0.0855. The van der Waals surface area contributed by atoms with Crippen molar-refractivity contribution in [1.29, 1.82) is 0 Å². The third-order valence-electron chi connectivity index (χ3n) is 3.52. The summed E-state index contributed by atoms with van der Waals surface area (Å²) in [6, 6.07) is 6.16. The van der Waals surface area contributed by atoms with Crippen molar-refractivity contribution in [2.75, 3.05) is 13.1 Å². The van der Waals surface area contributed by atoms with E-state index in [-0.39, 0.29) is 11.7 Å². The Morgan fingerprint density at radius 2 is 2.15 bits per heavy atom. The fraction of sp³-hybridized carbons (Fsp3) is 0.467. The van der Waals surface area contributed by atoms with Gasteiger partial charge in [-0.05, 0) is 32.9 Å². The van der Waals surface area contributed by atoms with Crippen LogP contribution in [0.25, 0.3) is 0 Å². The molecular formula is C15H19FN2O2. The predicted octanol–water partition coefficient (Wildman–Crippen LogP) is 2.58. The Labute approximate surface area is 118 Å². The van der Waals surface area contributed by atoms with E-state index >= 15 is 0 Å². The summed E-state index contributed by atoms with van der Waals surface area (Å²) in [5, 5.41) is 3.97. The number of likely N-dealkylation sites (N-methyl/N-ethyl adjacent to an activating group) is 1. The molecule has 20 heavy (non-hydrogen) atoms. The van der Waals surface area contributed by atoms with Crippen molar-refractivity contribution in [2.45, 2.75) is 32.8 Å². The molecule has 4 nitrogen and oxygen atoms in total. The number of benzene rings is 1. The quantitative estimate of drug-likeness (QED) is 0.849. The first-order valence-electron chi connectivity index (χ1n) is 6.80. The van der Waals surface area contributed by atoms with E-state index in [0.717, 1.165) is 0 Å². The zero-order chi connectivity index (χ0) is 14.8. The lowest BCUT2D eigenvalue weighted by Gasteiger charge is -2.28. The molecule has 0 aliphatic carbocycles. The first-order chi connectivity index (χ1) is 9.50. The van der Waals surface area contributed by atoms with Crippen LogP contribution in [-0.4, -0.2) is 35.2 Å². The van der Waals surface area contributed by atoms with Gasteiger partial charge in [0.25, 0.3) is 5.91 Å². The average Bonchev–Trinajstić information content (AvgIpc) is 2.84. The second-order valence-corrected chi connectivity index (χ2v) is 5.02. The SMILES string of the molecule is CCN(CC)C(=O)C1(C)CC(c2cccc(F)c2)=NO1. The maximum Gasteiger partial charge on any atom is 0.269 e. The molecule has 1 atom stereocenters. The van der Waals surface area contributed by atoms with Gasteiger partial charge in [-0.3, -0.25) is 4.79 Å². The van der Waals surface area contributed by atoms with Gasteiger partial charge in [0, 0.05) is 25.1 Å². The third kappa shape index (κ3) is 2.66. The van der Waals surface area contributed by atoms with Crippen molar-refractivity contribution in [3.05, 3.63) is 35.6 Å². The summed E-state index contributed by atoms with van der Waals surface area (Å²) in [5.41, 5.74) is 0.266. The maximum absolute atomic E-state index is 13.2. The molecule has 1 unspecified atom stereocenters. The summed E-state index contributed by atoms with van der Waals surface area (Å²) in [7, 11) is 0. The summed E-state index contributed by atoms with van der Waals surface area (Å²) >= 11 is 0. The van der Waals surface area contributed by atoms with E-state index < -0.39 is 5.60 Å². The largest absolute Gasteiger partial charge is 0.379 e. The number of oxime groups is 1. The molecule has 1 aromatic rings. The van der Waals surface area contributed by atoms with Crippen LogP contribution in [0.4, 0.5) is 4.39 Å². The average molecular weight is 278 g/mol. The minimum atomic E-state index is -0.992. The van der Waals surface area contributed by atoms with E-state index in [2.05, 4.69) is 5.16 Å². The lowest BCUT2D eigenvalue weighted by atomic mass is 9.94. The predicted molar refractivity (Wildman–Crippen MR) is 75.0 cm³/mol.